The number of aromatic nitrogens is 2. The van der Waals surface area contributed by atoms with Crippen molar-refractivity contribution in [3.8, 4) is 5.75 Å². The number of ether oxygens (including phenoxy) is 1. The smallest absolute Gasteiger partial charge is 0.311 e. The van der Waals surface area contributed by atoms with Gasteiger partial charge in [-0.2, -0.15) is 0 Å². The number of rotatable bonds is 5. The second-order valence-corrected chi connectivity index (χ2v) is 5.48. The minimum absolute atomic E-state index is 0.104. The number of hydrogen-bond donors (Lipinski definition) is 2. The Hall–Kier alpha value is -3.42. The molecular formula is C17H16N4O4. The maximum absolute atomic E-state index is 12.4. The molecule has 8 nitrogen and oxygen atoms in total. The maximum Gasteiger partial charge on any atom is 0.311 e. The van der Waals surface area contributed by atoms with Gasteiger partial charge in [0.05, 0.1) is 29.1 Å². The van der Waals surface area contributed by atoms with E-state index >= 15 is 0 Å². The van der Waals surface area contributed by atoms with Crippen molar-refractivity contribution in [1.82, 2.24) is 15.3 Å². The average Bonchev–Trinajstić information content (AvgIpc) is 3.05. The zero-order valence-corrected chi connectivity index (χ0v) is 13.6. The third-order valence-corrected chi connectivity index (χ3v) is 3.80. The van der Waals surface area contributed by atoms with E-state index in [1.165, 1.54) is 25.3 Å². The number of nitrogens with zero attached hydrogens (tertiary/aromatic N) is 2. The van der Waals surface area contributed by atoms with Gasteiger partial charge in [0, 0.05) is 11.6 Å². The Bertz CT molecular complexity index is 918. The highest BCUT2D eigenvalue weighted by atomic mass is 16.6. The summed E-state index contributed by atoms with van der Waals surface area (Å²) in [5.41, 5.74) is 1.60. The molecule has 0 radical (unpaired) electrons. The van der Waals surface area contributed by atoms with Crippen molar-refractivity contribution in [2.45, 2.75) is 13.0 Å². The van der Waals surface area contributed by atoms with Crippen LogP contribution in [0.5, 0.6) is 5.75 Å². The standard InChI is InChI=1S/C17H16N4O4/c1-10(16-19-12-5-3-4-6-13(12)20-16)18-17(22)11-7-8-15(25-2)14(9-11)21(23)24/h3-10H,1-2H3,(H,18,22)(H,19,20). The van der Waals surface area contributed by atoms with Gasteiger partial charge in [-0.15, -0.1) is 0 Å². The number of carbonyl (C=O) groups excluding carboxylic acids is 1. The number of fused-ring (bicyclic) bond motifs is 1. The molecule has 1 atom stereocenters. The van der Waals surface area contributed by atoms with E-state index in [4.69, 9.17) is 4.74 Å². The van der Waals surface area contributed by atoms with Gasteiger partial charge in [-0.3, -0.25) is 14.9 Å². The van der Waals surface area contributed by atoms with Crippen LogP contribution in [0.25, 0.3) is 11.0 Å². The molecule has 25 heavy (non-hydrogen) atoms. The quantitative estimate of drug-likeness (QED) is 0.548. The van der Waals surface area contributed by atoms with E-state index < -0.39 is 10.8 Å². The predicted octanol–water partition coefficient (Wildman–Crippen LogP) is 2.97. The fraction of sp³-hybridized carbons (Fsp3) is 0.176. The molecule has 0 aliphatic heterocycles. The van der Waals surface area contributed by atoms with Gasteiger partial charge >= 0.3 is 5.69 Å². The molecular weight excluding hydrogens is 324 g/mol. The van der Waals surface area contributed by atoms with Gasteiger partial charge in [0.1, 0.15) is 5.82 Å². The molecule has 8 heteroatoms. The first-order valence-electron chi connectivity index (χ1n) is 7.57. The number of methoxy groups -OCH3 is 1. The van der Waals surface area contributed by atoms with Crippen LogP contribution in [0.3, 0.4) is 0 Å². The number of nitro benzene ring substituents is 1. The zero-order valence-electron chi connectivity index (χ0n) is 13.6. The summed E-state index contributed by atoms with van der Waals surface area (Å²) in [6.07, 6.45) is 0. The van der Waals surface area contributed by atoms with Crippen LogP contribution < -0.4 is 10.1 Å². The molecule has 1 aromatic heterocycles. The number of benzene rings is 2. The van der Waals surface area contributed by atoms with Gasteiger partial charge in [0.25, 0.3) is 5.91 Å². The van der Waals surface area contributed by atoms with Crippen molar-refractivity contribution in [1.29, 1.82) is 0 Å². The minimum atomic E-state index is -0.585. The number of H-pyrrole nitrogens is 1. The summed E-state index contributed by atoms with van der Waals surface area (Å²) in [5.74, 6) is 0.281. The summed E-state index contributed by atoms with van der Waals surface area (Å²) in [5, 5.41) is 13.9. The second kappa shape index (κ2) is 6.60. The van der Waals surface area contributed by atoms with Crippen molar-refractivity contribution >= 4 is 22.6 Å². The van der Waals surface area contributed by atoms with Gasteiger partial charge in [0.15, 0.2) is 5.75 Å². The summed E-state index contributed by atoms with van der Waals surface area (Å²) in [7, 11) is 1.34. The van der Waals surface area contributed by atoms with Crippen LogP contribution in [0.2, 0.25) is 0 Å². The van der Waals surface area contributed by atoms with E-state index in [1.807, 2.05) is 24.3 Å². The molecule has 0 aliphatic rings. The molecule has 0 fully saturated rings. The number of nitro groups is 1. The SMILES string of the molecule is COc1ccc(C(=O)NC(C)c2nc3ccccc3[nH]2)cc1[N+](=O)[O-]. The maximum atomic E-state index is 12.4. The molecule has 3 aromatic rings. The Morgan fingerprint density at radius 3 is 2.76 bits per heavy atom. The van der Waals surface area contributed by atoms with Crippen LogP contribution in [0, 0.1) is 10.1 Å². The minimum Gasteiger partial charge on any atom is -0.490 e. The van der Waals surface area contributed by atoms with Crippen molar-refractivity contribution in [2.24, 2.45) is 0 Å². The summed E-state index contributed by atoms with van der Waals surface area (Å²) in [6, 6.07) is 11.2. The Morgan fingerprint density at radius 2 is 2.08 bits per heavy atom. The molecule has 1 heterocycles. The highest BCUT2D eigenvalue weighted by Crippen LogP contribution is 2.27. The van der Waals surface area contributed by atoms with Crippen LogP contribution in [0.15, 0.2) is 42.5 Å². The Balaban J connectivity index is 1.81. The van der Waals surface area contributed by atoms with Gasteiger partial charge in [-0.05, 0) is 31.2 Å². The van der Waals surface area contributed by atoms with Crippen LogP contribution in [-0.4, -0.2) is 27.9 Å². The lowest BCUT2D eigenvalue weighted by Gasteiger charge is -2.12. The number of nitrogens with one attached hydrogen (secondary N) is 2. The van der Waals surface area contributed by atoms with E-state index in [0.29, 0.717) is 5.82 Å². The lowest BCUT2D eigenvalue weighted by atomic mass is 10.1. The van der Waals surface area contributed by atoms with E-state index in [0.717, 1.165) is 11.0 Å². The second-order valence-electron chi connectivity index (χ2n) is 5.48. The van der Waals surface area contributed by atoms with Crippen LogP contribution in [0.4, 0.5) is 5.69 Å². The highest BCUT2D eigenvalue weighted by Gasteiger charge is 2.20. The van der Waals surface area contributed by atoms with Gasteiger partial charge in [0.2, 0.25) is 0 Å². The van der Waals surface area contributed by atoms with E-state index in [2.05, 4.69) is 15.3 Å². The van der Waals surface area contributed by atoms with E-state index in [9.17, 15) is 14.9 Å². The molecule has 0 saturated heterocycles. The summed E-state index contributed by atoms with van der Waals surface area (Å²) < 4.78 is 4.94. The van der Waals surface area contributed by atoms with Crippen LogP contribution >= 0.6 is 0 Å². The summed E-state index contributed by atoms with van der Waals surface area (Å²) in [4.78, 5) is 30.5. The fourth-order valence-corrected chi connectivity index (χ4v) is 2.50. The van der Waals surface area contributed by atoms with E-state index in [1.54, 1.807) is 6.92 Å². The first-order valence-corrected chi connectivity index (χ1v) is 7.57. The monoisotopic (exact) mass is 340 g/mol. The van der Waals surface area contributed by atoms with Crippen molar-refractivity contribution in [3.63, 3.8) is 0 Å². The molecule has 1 unspecified atom stereocenters. The number of imidazole rings is 1. The first-order chi connectivity index (χ1) is 12.0. The molecule has 1 amide bonds. The molecule has 0 saturated carbocycles. The molecule has 3 rings (SSSR count). The van der Waals surface area contributed by atoms with Crippen molar-refractivity contribution < 1.29 is 14.5 Å². The molecule has 0 bridgehead atoms. The Morgan fingerprint density at radius 1 is 1.32 bits per heavy atom. The molecule has 0 aliphatic carbocycles. The lowest BCUT2D eigenvalue weighted by Crippen LogP contribution is -2.27. The van der Waals surface area contributed by atoms with Crippen LogP contribution in [-0.2, 0) is 0 Å². The number of hydrogen-bond acceptors (Lipinski definition) is 5. The van der Waals surface area contributed by atoms with Crippen LogP contribution in [0.1, 0.15) is 29.1 Å². The number of aromatic amines is 1. The van der Waals surface area contributed by atoms with Gasteiger partial charge < -0.3 is 15.0 Å². The number of carbonyl (C=O) groups is 1. The van der Waals surface area contributed by atoms with Gasteiger partial charge in [-0.1, -0.05) is 12.1 Å². The third-order valence-electron chi connectivity index (χ3n) is 3.80. The predicted molar refractivity (Wildman–Crippen MR) is 91.6 cm³/mol. The van der Waals surface area contributed by atoms with Crippen molar-refractivity contribution in [2.75, 3.05) is 7.11 Å². The first kappa shape index (κ1) is 16.4. The number of para-hydroxylation sites is 2. The van der Waals surface area contributed by atoms with Crippen molar-refractivity contribution in [3.05, 3.63) is 64.0 Å². The average molecular weight is 340 g/mol. The Kier molecular flexibility index (Phi) is 4.34. The Labute approximate surface area is 143 Å². The molecule has 0 spiro atoms. The fourth-order valence-electron chi connectivity index (χ4n) is 2.50. The normalized spacial score (nSPS) is 11.9. The summed E-state index contributed by atoms with van der Waals surface area (Å²) >= 11 is 0. The van der Waals surface area contributed by atoms with Gasteiger partial charge in [-0.25, -0.2) is 4.98 Å². The lowest BCUT2D eigenvalue weighted by molar-refractivity contribution is -0.385. The number of amides is 1. The van der Waals surface area contributed by atoms with E-state index in [-0.39, 0.29) is 23.0 Å². The third kappa shape index (κ3) is 3.27. The highest BCUT2D eigenvalue weighted by molar-refractivity contribution is 5.95. The molecule has 2 aromatic carbocycles. The topological polar surface area (TPSA) is 110 Å². The molecule has 128 valence electrons. The molecule has 2 N–H and O–H groups in total. The largest absolute Gasteiger partial charge is 0.490 e. The summed E-state index contributed by atoms with van der Waals surface area (Å²) in [6.45, 7) is 1.79. The zero-order chi connectivity index (χ0) is 18.0.